The molecule has 114 valence electrons. The molecule has 0 bridgehead atoms. The van der Waals surface area contributed by atoms with Gasteiger partial charge in [-0.1, -0.05) is 23.2 Å². The van der Waals surface area contributed by atoms with Crippen molar-refractivity contribution < 1.29 is 19.4 Å². The summed E-state index contributed by atoms with van der Waals surface area (Å²) in [5.74, 6) is -1.31. The van der Waals surface area contributed by atoms with Gasteiger partial charge in [-0.25, -0.2) is 4.79 Å². The van der Waals surface area contributed by atoms with Crippen LogP contribution in [0.5, 0.6) is 0 Å². The van der Waals surface area contributed by atoms with Gasteiger partial charge in [0, 0.05) is 28.3 Å². The molecule has 0 saturated carbocycles. The number of nitro groups is 1. The molecule has 1 N–H and O–H groups in total. The Morgan fingerprint density at radius 2 is 1.77 bits per heavy atom. The maximum atomic E-state index is 12.5. The van der Waals surface area contributed by atoms with Crippen molar-refractivity contribution in [3.8, 4) is 0 Å². The second kappa shape index (κ2) is 6.53. The van der Waals surface area contributed by atoms with Crippen LogP contribution < -0.4 is 0 Å². The van der Waals surface area contributed by atoms with Gasteiger partial charge in [-0.15, -0.1) is 0 Å². The van der Waals surface area contributed by atoms with Crippen molar-refractivity contribution in [2.45, 2.75) is 9.79 Å². The van der Waals surface area contributed by atoms with Gasteiger partial charge >= 0.3 is 11.7 Å². The van der Waals surface area contributed by atoms with Gasteiger partial charge in [0.25, 0.3) is 0 Å². The predicted molar refractivity (Wildman–Crippen MR) is 81.2 cm³/mol. The van der Waals surface area contributed by atoms with E-state index in [1.54, 1.807) is 0 Å². The number of hydrogen-bond donors (Lipinski definition) is 1. The molecule has 2 aromatic rings. The summed E-state index contributed by atoms with van der Waals surface area (Å²) in [4.78, 5) is 21.2. The third-order valence-electron chi connectivity index (χ3n) is 2.70. The van der Waals surface area contributed by atoms with Gasteiger partial charge in [0.05, 0.1) is 15.5 Å². The van der Waals surface area contributed by atoms with Crippen LogP contribution in [0.25, 0.3) is 0 Å². The number of carboxylic acid groups (broad SMARTS) is 1. The van der Waals surface area contributed by atoms with Crippen LogP contribution in [0, 0.1) is 10.1 Å². The first-order chi connectivity index (χ1) is 10.3. The van der Waals surface area contributed by atoms with Crippen LogP contribution in [0.2, 0.25) is 10.0 Å². The van der Waals surface area contributed by atoms with Crippen molar-refractivity contribution in [2.24, 2.45) is 0 Å². The smallest absolute Gasteiger partial charge is 0.335 e. The summed E-state index contributed by atoms with van der Waals surface area (Å²) < 4.78 is 12.5. The normalized spacial score (nSPS) is 12.0. The summed E-state index contributed by atoms with van der Waals surface area (Å²) in [7, 11) is 0. The molecule has 0 fully saturated rings. The zero-order valence-corrected chi connectivity index (χ0v) is 13.0. The Labute approximate surface area is 137 Å². The minimum Gasteiger partial charge on any atom is -0.606 e. The minimum atomic E-state index is -1.95. The second-order valence-corrected chi connectivity index (χ2v) is 6.35. The number of carboxylic acids is 1. The van der Waals surface area contributed by atoms with Crippen LogP contribution in [0.1, 0.15) is 10.4 Å². The highest BCUT2D eigenvalue weighted by atomic mass is 35.5. The van der Waals surface area contributed by atoms with Crippen LogP contribution >= 0.6 is 23.2 Å². The maximum absolute atomic E-state index is 12.5. The van der Waals surface area contributed by atoms with E-state index in [1.807, 2.05) is 0 Å². The molecule has 0 aliphatic heterocycles. The molecular formula is C13H7Cl2NO5S. The predicted octanol–water partition coefficient (Wildman–Crippen LogP) is 3.77. The van der Waals surface area contributed by atoms with Crippen molar-refractivity contribution in [1.82, 2.24) is 0 Å². The lowest BCUT2D eigenvalue weighted by Crippen LogP contribution is -2.08. The number of nitro benzene ring substituents is 1. The fraction of sp³-hybridized carbons (Fsp3) is 0. The molecule has 9 heteroatoms. The van der Waals surface area contributed by atoms with Crippen LogP contribution in [0.15, 0.2) is 46.2 Å². The molecule has 1 unspecified atom stereocenters. The molecule has 0 spiro atoms. The molecule has 22 heavy (non-hydrogen) atoms. The van der Waals surface area contributed by atoms with E-state index >= 15 is 0 Å². The van der Waals surface area contributed by atoms with Gasteiger partial charge in [-0.2, -0.15) is 0 Å². The summed E-state index contributed by atoms with van der Waals surface area (Å²) in [6, 6.07) is 7.37. The lowest BCUT2D eigenvalue weighted by molar-refractivity contribution is -0.387. The number of aromatic carboxylic acids is 1. The number of benzene rings is 2. The quantitative estimate of drug-likeness (QED) is 0.508. The number of hydrogen-bond acceptors (Lipinski definition) is 4. The Morgan fingerprint density at radius 3 is 2.32 bits per heavy atom. The molecule has 2 aromatic carbocycles. The van der Waals surface area contributed by atoms with Crippen molar-refractivity contribution >= 4 is 46.0 Å². The Kier molecular flexibility index (Phi) is 4.92. The maximum Gasteiger partial charge on any atom is 0.335 e. The van der Waals surface area contributed by atoms with Crippen molar-refractivity contribution in [3.63, 3.8) is 0 Å². The van der Waals surface area contributed by atoms with E-state index in [0.717, 1.165) is 18.2 Å². The number of nitrogens with zero attached hydrogens (tertiary/aromatic N) is 1. The highest BCUT2D eigenvalue weighted by Crippen LogP contribution is 2.34. The first-order valence-corrected chi connectivity index (χ1v) is 7.60. The topological polar surface area (TPSA) is 104 Å². The zero-order chi connectivity index (χ0) is 16.4. The van der Waals surface area contributed by atoms with Gasteiger partial charge in [-0.3, -0.25) is 10.1 Å². The third kappa shape index (κ3) is 3.33. The standard InChI is InChI=1S/C13H7Cl2NO5S/c14-8-2-4-11(9(15)6-8)22(21)12-3-1-7(13(17)18)5-10(12)16(19)20/h1-6H,(H,17,18). The molecule has 1 atom stereocenters. The molecule has 0 radical (unpaired) electrons. The van der Waals surface area contributed by atoms with Crippen LogP contribution in [-0.2, 0) is 11.2 Å². The van der Waals surface area contributed by atoms with Gasteiger partial charge < -0.3 is 9.66 Å². The SMILES string of the molecule is O=C(O)c1ccc([S+]([O-])c2ccc(Cl)cc2Cl)c([N+](=O)[O-])c1. The highest BCUT2D eigenvalue weighted by molar-refractivity contribution is 7.91. The van der Waals surface area contributed by atoms with E-state index < -0.39 is 27.8 Å². The van der Waals surface area contributed by atoms with Crippen molar-refractivity contribution in [2.75, 3.05) is 0 Å². The second-order valence-electron chi connectivity index (χ2n) is 4.09. The molecule has 2 rings (SSSR count). The van der Waals surface area contributed by atoms with Crippen LogP contribution in [-0.4, -0.2) is 20.6 Å². The van der Waals surface area contributed by atoms with E-state index in [-0.39, 0.29) is 20.4 Å². The summed E-state index contributed by atoms with van der Waals surface area (Å²) in [6.45, 7) is 0. The van der Waals surface area contributed by atoms with E-state index in [1.165, 1.54) is 18.2 Å². The van der Waals surface area contributed by atoms with Gasteiger partial charge in [-0.05, 0) is 24.3 Å². The summed E-state index contributed by atoms with van der Waals surface area (Å²) >= 11 is 9.75. The number of carbonyl (C=O) groups is 1. The molecule has 6 nitrogen and oxygen atoms in total. The Balaban J connectivity index is 2.55. The highest BCUT2D eigenvalue weighted by Gasteiger charge is 2.29. The van der Waals surface area contributed by atoms with Gasteiger partial charge in [0.1, 0.15) is 0 Å². The molecule has 0 saturated heterocycles. The Bertz CT molecular complexity index is 768. The molecule has 0 aliphatic carbocycles. The van der Waals surface area contributed by atoms with Gasteiger partial charge in [0.15, 0.2) is 4.90 Å². The van der Waals surface area contributed by atoms with E-state index in [4.69, 9.17) is 28.3 Å². The molecule has 0 heterocycles. The largest absolute Gasteiger partial charge is 0.606 e. The van der Waals surface area contributed by atoms with Gasteiger partial charge in [0.2, 0.25) is 4.90 Å². The molecule has 0 aromatic heterocycles. The fourth-order valence-corrected chi connectivity index (χ4v) is 3.49. The lowest BCUT2D eigenvalue weighted by Gasteiger charge is -2.11. The average molecular weight is 360 g/mol. The lowest BCUT2D eigenvalue weighted by atomic mass is 10.2. The first-order valence-electron chi connectivity index (χ1n) is 5.70. The van der Waals surface area contributed by atoms with E-state index in [0.29, 0.717) is 5.02 Å². The Hall–Kier alpha value is -1.80. The summed E-state index contributed by atoms with van der Waals surface area (Å²) in [5, 5.41) is 20.4. The van der Waals surface area contributed by atoms with Crippen LogP contribution in [0.4, 0.5) is 5.69 Å². The van der Waals surface area contributed by atoms with Crippen LogP contribution in [0.3, 0.4) is 0 Å². The van der Waals surface area contributed by atoms with E-state index in [9.17, 15) is 19.5 Å². The summed E-state index contributed by atoms with van der Waals surface area (Å²) in [6.07, 6.45) is 0. The first kappa shape index (κ1) is 16.6. The molecule has 0 amide bonds. The number of rotatable bonds is 4. The van der Waals surface area contributed by atoms with Crippen molar-refractivity contribution in [1.29, 1.82) is 0 Å². The zero-order valence-electron chi connectivity index (χ0n) is 10.7. The molecular weight excluding hydrogens is 353 g/mol. The number of halogens is 2. The molecule has 0 aliphatic rings. The third-order valence-corrected chi connectivity index (χ3v) is 4.86. The Morgan fingerprint density at radius 1 is 1.14 bits per heavy atom. The summed E-state index contributed by atoms with van der Waals surface area (Å²) in [5.41, 5.74) is -0.820. The monoisotopic (exact) mass is 359 g/mol. The van der Waals surface area contributed by atoms with Crippen molar-refractivity contribution in [3.05, 3.63) is 62.1 Å². The van der Waals surface area contributed by atoms with E-state index in [2.05, 4.69) is 0 Å². The minimum absolute atomic E-state index is 0.0995. The average Bonchev–Trinajstić information content (AvgIpc) is 2.45. The fourth-order valence-electron chi connectivity index (χ4n) is 1.69.